The second kappa shape index (κ2) is 9.79. The molecule has 0 saturated carbocycles. The van der Waals surface area contributed by atoms with Gasteiger partial charge in [-0.25, -0.2) is 4.98 Å². The summed E-state index contributed by atoms with van der Waals surface area (Å²) in [5.41, 5.74) is 3.00. The van der Waals surface area contributed by atoms with E-state index in [9.17, 15) is 0 Å². The Morgan fingerprint density at radius 3 is 2.96 bits per heavy atom. The van der Waals surface area contributed by atoms with E-state index >= 15 is 0 Å². The molecule has 0 aromatic carbocycles. The second-order valence-electron chi connectivity index (χ2n) is 5.90. The molecule has 0 radical (unpaired) electrons. The Hall–Kier alpha value is -2.40. The minimum Gasteiger partial charge on any atom is -0.356 e. The molecule has 1 aromatic heterocycles. The molecule has 25 heavy (non-hydrogen) atoms. The number of rotatable bonds is 8. The van der Waals surface area contributed by atoms with E-state index in [0.717, 1.165) is 61.1 Å². The van der Waals surface area contributed by atoms with Gasteiger partial charge in [0.1, 0.15) is 11.7 Å². The van der Waals surface area contributed by atoms with Crippen molar-refractivity contribution < 1.29 is 0 Å². The number of allylic oxidation sites excluding steroid dienone is 4. The molecule has 2 N–H and O–H groups in total. The molecule has 0 fully saturated rings. The Bertz CT molecular complexity index is 661. The number of hydrogen-bond donors (Lipinski definition) is 2. The molecule has 5 nitrogen and oxygen atoms in total. The second-order valence-corrected chi connectivity index (χ2v) is 5.90. The van der Waals surface area contributed by atoms with E-state index in [0.29, 0.717) is 0 Å². The number of H-pyrrole nitrogens is 1. The molecule has 0 unspecified atom stereocenters. The number of likely N-dealkylation sites (N-methyl/N-ethyl adjacent to an activating group) is 2. The molecule has 0 atom stereocenters. The third-order valence-corrected chi connectivity index (χ3v) is 4.13. The summed E-state index contributed by atoms with van der Waals surface area (Å²) < 4.78 is 0. The van der Waals surface area contributed by atoms with Crippen LogP contribution in [0.1, 0.15) is 37.0 Å². The number of amidine groups is 1. The van der Waals surface area contributed by atoms with Crippen molar-refractivity contribution in [3.05, 3.63) is 48.1 Å². The molecular formula is C20H29N5. The van der Waals surface area contributed by atoms with Crippen molar-refractivity contribution in [2.75, 3.05) is 33.7 Å². The summed E-state index contributed by atoms with van der Waals surface area (Å²) in [6, 6.07) is 0. The van der Waals surface area contributed by atoms with Crippen molar-refractivity contribution in [1.29, 1.82) is 0 Å². The third-order valence-electron chi connectivity index (χ3n) is 4.13. The highest BCUT2D eigenvalue weighted by Gasteiger charge is 2.09. The van der Waals surface area contributed by atoms with Crippen molar-refractivity contribution in [2.24, 2.45) is 4.99 Å². The fraction of sp³-hybridized carbons (Fsp3) is 0.400. The topological polar surface area (TPSA) is 56.3 Å². The van der Waals surface area contributed by atoms with Gasteiger partial charge in [-0.1, -0.05) is 24.8 Å². The maximum Gasteiger partial charge on any atom is 0.134 e. The molecule has 1 aromatic rings. The van der Waals surface area contributed by atoms with Gasteiger partial charge in [-0.05, 0) is 50.6 Å². The smallest absolute Gasteiger partial charge is 0.134 e. The standard InChI is InChI=1S/C20H29N5/c1-5-25(15-14-21-3)19(22-4)13-9-10-16(2)20-23-17-11-7-6-8-12-18(17)24-20/h7-9,11-13,21H,2,5-6,10,14-15H2,1,3-4H3,(H,23,24). The Balaban J connectivity index is 1.98. The largest absolute Gasteiger partial charge is 0.356 e. The summed E-state index contributed by atoms with van der Waals surface area (Å²) in [5, 5.41) is 3.18. The van der Waals surface area contributed by atoms with Gasteiger partial charge < -0.3 is 15.2 Å². The van der Waals surface area contributed by atoms with Gasteiger partial charge in [0.15, 0.2) is 0 Å². The molecule has 1 heterocycles. The van der Waals surface area contributed by atoms with Crippen molar-refractivity contribution in [3.8, 4) is 0 Å². The molecule has 0 aliphatic heterocycles. The van der Waals surface area contributed by atoms with Crippen LogP contribution in [0.15, 0.2) is 35.9 Å². The summed E-state index contributed by atoms with van der Waals surface area (Å²) in [7, 11) is 3.80. The average Bonchev–Trinajstić information content (AvgIpc) is 2.91. The van der Waals surface area contributed by atoms with E-state index in [1.165, 1.54) is 0 Å². The zero-order chi connectivity index (χ0) is 18.1. The lowest BCUT2D eigenvalue weighted by Crippen LogP contribution is -2.35. The first kappa shape index (κ1) is 18.9. The number of aromatic amines is 1. The van der Waals surface area contributed by atoms with Crippen LogP contribution in [-0.2, 0) is 0 Å². The van der Waals surface area contributed by atoms with Crippen molar-refractivity contribution in [1.82, 2.24) is 20.2 Å². The molecule has 1 aliphatic rings. The van der Waals surface area contributed by atoms with Crippen LogP contribution in [0.4, 0.5) is 0 Å². The van der Waals surface area contributed by atoms with Crippen LogP contribution in [0, 0.1) is 0 Å². The number of nitrogens with one attached hydrogen (secondary N) is 2. The first-order valence-corrected chi connectivity index (χ1v) is 8.83. The molecular weight excluding hydrogens is 310 g/mol. The Morgan fingerprint density at radius 1 is 1.44 bits per heavy atom. The monoisotopic (exact) mass is 339 g/mol. The number of hydrogen-bond acceptors (Lipinski definition) is 3. The minimum absolute atomic E-state index is 0.739. The summed E-state index contributed by atoms with van der Waals surface area (Å²) in [5.74, 6) is 1.84. The lowest BCUT2D eigenvalue weighted by atomic mass is 10.2. The van der Waals surface area contributed by atoms with E-state index < -0.39 is 0 Å². The first-order valence-electron chi connectivity index (χ1n) is 8.83. The van der Waals surface area contributed by atoms with Crippen molar-refractivity contribution >= 4 is 23.6 Å². The van der Waals surface area contributed by atoms with Crippen molar-refractivity contribution in [3.63, 3.8) is 0 Å². The number of nitrogens with zero attached hydrogens (tertiary/aromatic N) is 3. The molecule has 2 rings (SSSR count). The number of aliphatic imine (C=N–C) groups is 1. The lowest BCUT2D eigenvalue weighted by molar-refractivity contribution is 0.439. The summed E-state index contributed by atoms with van der Waals surface area (Å²) in [6.45, 7) is 9.13. The quantitative estimate of drug-likeness (QED) is 0.564. The van der Waals surface area contributed by atoms with Gasteiger partial charge in [-0.3, -0.25) is 4.99 Å². The average molecular weight is 339 g/mol. The van der Waals surface area contributed by atoms with E-state index in [-0.39, 0.29) is 0 Å². The van der Waals surface area contributed by atoms with Gasteiger partial charge in [0.2, 0.25) is 0 Å². The molecule has 0 saturated heterocycles. The molecule has 0 spiro atoms. The van der Waals surface area contributed by atoms with Gasteiger partial charge >= 0.3 is 0 Å². The fourth-order valence-corrected chi connectivity index (χ4v) is 2.67. The van der Waals surface area contributed by atoms with E-state index in [1.54, 1.807) is 0 Å². The highest BCUT2D eigenvalue weighted by Crippen LogP contribution is 2.20. The Kier molecular flexibility index (Phi) is 7.41. The predicted molar refractivity (Wildman–Crippen MR) is 109 cm³/mol. The van der Waals surface area contributed by atoms with Crippen LogP contribution in [0.3, 0.4) is 0 Å². The SMILES string of the molecule is C=C(CC=CC(=NC)N(CC)CCNC)c1nc2c([nH]1)C=CCC=C2. The van der Waals surface area contributed by atoms with Crippen molar-refractivity contribution in [2.45, 2.75) is 19.8 Å². The van der Waals surface area contributed by atoms with E-state index in [4.69, 9.17) is 0 Å². The van der Waals surface area contributed by atoms with Crippen LogP contribution in [0.2, 0.25) is 0 Å². The van der Waals surface area contributed by atoms with Crippen LogP contribution in [-0.4, -0.2) is 54.4 Å². The van der Waals surface area contributed by atoms with Gasteiger partial charge in [0.25, 0.3) is 0 Å². The zero-order valence-corrected chi connectivity index (χ0v) is 15.5. The minimum atomic E-state index is 0.739. The van der Waals surface area contributed by atoms with Gasteiger partial charge in [0.05, 0.1) is 11.4 Å². The molecule has 0 amide bonds. The Labute approximate surface area is 151 Å². The summed E-state index contributed by atoms with van der Waals surface area (Å²) in [6.07, 6.45) is 14.2. The van der Waals surface area contributed by atoms with E-state index in [2.05, 4.69) is 75.1 Å². The number of fused-ring (bicyclic) bond motifs is 1. The molecule has 1 aliphatic carbocycles. The van der Waals surface area contributed by atoms with E-state index in [1.807, 2.05) is 14.1 Å². The molecule has 134 valence electrons. The fourth-order valence-electron chi connectivity index (χ4n) is 2.67. The van der Waals surface area contributed by atoms with Gasteiger partial charge in [0, 0.05) is 26.7 Å². The number of aromatic nitrogens is 2. The van der Waals surface area contributed by atoms with Gasteiger partial charge in [-0.2, -0.15) is 0 Å². The molecule has 5 heteroatoms. The van der Waals surface area contributed by atoms with Crippen LogP contribution in [0.5, 0.6) is 0 Å². The maximum atomic E-state index is 4.64. The Morgan fingerprint density at radius 2 is 2.24 bits per heavy atom. The maximum absolute atomic E-state index is 4.64. The van der Waals surface area contributed by atoms with Crippen LogP contribution < -0.4 is 5.32 Å². The van der Waals surface area contributed by atoms with Crippen LogP contribution in [0.25, 0.3) is 17.7 Å². The predicted octanol–water partition coefficient (Wildman–Crippen LogP) is 3.37. The lowest BCUT2D eigenvalue weighted by Gasteiger charge is -2.22. The third kappa shape index (κ3) is 5.29. The normalized spacial score (nSPS) is 14.0. The van der Waals surface area contributed by atoms with Gasteiger partial charge in [-0.15, -0.1) is 0 Å². The first-order chi connectivity index (χ1) is 12.2. The highest BCUT2D eigenvalue weighted by molar-refractivity contribution is 5.93. The zero-order valence-electron chi connectivity index (χ0n) is 15.5. The highest BCUT2D eigenvalue weighted by atomic mass is 15.2. The number of imidazole rings is 1. The van der Waals surface area contributed by atoms with Crippen LogP contribution >= 0.6 is 0 Å². The summed E-state index contributed by atoms with van der Waals surface area (Å²) >= 11 is 0. The molecule has 0 bridgehead atoms. The summed E-state index contributed by atoms with van der Waals surface area (Å²) in [4.78, 5) is 14.7.